The molecule has 3 rings (SSSR count). The number of rotatable bonds is 8. The highest BCUT2D eigenvalue weighted by atomic mass is 32.2. The number of phenols is 2. The summed E-state index contributed by atoms with van der Waals surface area (Å²) in [6.45, 7) is 1.51. The minimum atomic E-state index is -3.56. The summed E-state index contributed by atoms with van der Waals surface area (Å²) in [5, 5.41) is 18.7. The fourth-order valence-electron chi connectivity index (χ4n) is 2.80. The van der Waals surface area contributed by atoms with Gasteiger partial charge in [-0.15, -0.1) is 0 Å². The van der Waals surface area contributed by atoms with E-state index in [9.17, 15) is 23.4 Å². The number of benzene rings is 2. The van der Waals surface area contributed by atoms with Crippen molar-refractivity contribution in [3.8, 4) is 17.2 Å². The molecular formula is C21H23NO8S. The Balaban J connectivity index is 1.43. The van der Waals surface area contributed by atoms with Crippen LogP contribution in [0.25, 0.3) is 6.08 Å². The lowest BCUT2D eigenvalue weighted by Crippen LogP contribution is -2.40. The zero-order chi connectivity index (χ0) is 22.3. The zero-order valence-electron chi connectivity index (χ0n) is 16.6. The molecule has 0 aliphatic carbocycles. The quantitative estimate of drug-likeness (QED) is 0.271. The van der Waals surface area contributed by atoms with E-state index in [1.165, 1.54) is 46.8 Å². The number of hydrogen-bond acceptors (Lipinski definition) is 8. The van der Waals surface area contributed by atoms with Crippen LogP contribution in [0, 0.1) is 0 Å². The number of phenolic OH excluding ortho intramolecular Hbond substituents is 2. The van der Waals surface area contributed by atoms with Crippen LogP contribution in [0.1, 0.15) is 5.56 Å². The Morgan fingerprint density at radius 1 is 1.03 bits per heavy atom. The lowest BCUT2D eigenvalue weighted by Gasteiger charge is -2.26. The number of nitrogens with zero attached hydrogens (tertiary/aromatic N) is 1. The topological polar surface area (TPSA) is 123 Å². The van der Waals surface area contributed by atoms with E-state index in [-0.39, 0.29) is 29.6 Å². The Kier molecular flexibility index (Phi) is 7.50. The Morgan fingerprint density at radius 2 is 1.74 bits per heavy atom. The smallest absolute Gasteiger partial charge is 0.330 e. The summed E-state index contributed by atoms with van der Waals surface area (Å²) in [5.74, 6) is -0.675. The van der Waals surface area contributed by atoms with Gasteiger partial charge in [0.1, 0.15) is 19.0 Å². The van der Waals surface area contributed by atoms with Crippen molar-refractivity contribution in [2.75, 3.05) is 39.5 Å². The Bertz CT molecular complexity index is 1030. The highest BCUT2D eigenvalue weighted by molar-refractivity contribution is 7.89. The van der Waals surface area contributed by atoms with Gasteiger partial charge in [0.15, 0.2) is 11.5 Å². The molecule has 0 bridgehead atoms. The molecule has 1 heterocycles. The van der Waals surface area contributed by atoms with E-state index in [4.69, 9.17) is 14.2 Å². The van der Waals surface area contributed by atoms with Gasteiger partial charge in [0, 0.05) is 19.2 Å². The third-order valence-electron chi connectivity index (χ3n) is 4.44. The van der Waals surface area contributed by atoms with Crippen molar-refractivity contribution in [1.82, 2.24) is 4.31 Å². The second kappa shape index (κ2) is 10.3. The molecule has 0 saturated carbocycles. The van der Waals surface area contributed by atoms with Crippen LogP contribution >= 0.6 is 0 Å². The van der Waals surface area contributed by atoms with Crippen LogP contribution in [-0.2, 0) is 24.3 Å². The summed E-state index contributed by atoms with van der Waals surface area (Å²) < 4.78 is 42.2. The molecule has 1 aliphatic heterocycles. The third kappa shape index (κ3) is 6.20. The largest absolute Gasteiger partial charge is 0.504 e. The minimum absolute atomic E-state index is 0.00215. The van der Waals surface area contributed by atoms with Crippen molar-refractivity contribution in [1.29, 1.82) is 0 Å². The van der Waals surface area contributed by atoms with E-state index in [1.54, 1.807) is 12.1 Å². The highest BCUT2D eigenvalue weighted by Crippen LogP contribution is 2.25. The third-order valence-corrected chi connectivity index (χ3v) is 6.35. The van der Waals surface area contributed by atoms with Crippen molar-refractivity contribution in [2.24, 2.45) is 0 Å². The van der Waals surface area contributed by atoms with Crippen LogP contribution in [0.3, 0.4) is 0 Å². The molecule has 2 aromatic rings. The first-order chi connectivity index (χ1) is 14.9. The van der Waals surface area contributed by atoms with Gasteiger partial charge < -0.3 is 24.4 Å². The SMILES string of the molecule is O=C(/C=C/c1ccc(O)c(O)c1)OCCOc1ccc(S(=O)(=O)N2CCOCC2)cc1. The summed E-state index contributed by atoms with van der Waals surface area (Å²) in [6.07, 6.45) is 2.63. The first kappa shape index (κ1) is 22.6. The molecule has 0 amide bonds. The molecule has 9 nitrogen and oxygen atoms in total. The maximum absolute atomic E-state index is 12.6. The van der Waals surface area contributed by atoms with Gasteiger partial charge in [-0.2, -0.15) is 4.31 Å². The Labute approximate surface area is 180 Å². The van der Waals surface area contributed by atoms with Gasteiger partial charge in [-0.05, 0) is 48.0 Å². The molecule has 1 fully saturated rings. The van der Waals surface area contributed by atoms with E-state index < -0.39 is 16.0 Å². The summed E-state index contributed by atoms with van der Waals surface area (Å²) >= 11 is 0. The van der Waals surface area contributed by atoms with Crippen molar-refractivity contribution in [3.63, 3.8) is 0 Å². The van der Waals surface area contributed by atoms with Crippen LogP contribution in [0.2, 0.25) is 0 Å². The standard InChI is InChI=1S/C21H23NO8S/c23-19-7-1-16(15-20(19)24)2-8-21(25)30-14-13-29-17-3-5-18(6-4-17)31(26,27)22-9-11-28-12-10-22/h1-8,15,23-24H,9-14H2/b8-2+. The second-order valence-electron chi connectivity index (χ2n) is 6.59. The lowest BCUT2D eigenvalue weighted by atomic mass is 10.2. The second-order valence-corrected chi connectivity index (χ2v) is 8.52. The van der Waals surface area contributed by atoms with Crippen molar-refractivity contribution < 1.29 is 37.6 Å². The average Bonchev–Trinajstić information content (AvgIpc) is 2.78. The molecule has 2 N–H and O–H groups in total. The van der Waals surface area contributed by atoms with E-state index >= 15 is 0 Å². The number of esters is 1. The van der Waals surface area contributed by atoms with Gasteiger partial charge in [-0.1, -0.05) is 6.07 Å². The number of morpholine rings is 1. The summed E-state index contributed by atoms with van der Waals surface area (Å²) in [6, 6.07) is 10.2. The van der Waals surface area contributed by atoms with Crippen molar-refractivity contribution in [2.45, 2.75) is 4.90 Å². The first-order valence-corrected chi connectivity index (χ1v) is 11.0. The number of aromatic hydroxyl groups is 2. The van der Waals surface area contributed by atoms with E-state index in [0.717, 1.165) is 0 Å². The van der Waals surface area contributed by atoms with Crippen LogP contribution in [0.5, 0.6) is 17.2 Å². The molecule has 2 aromatic carbocycles. The molecule has 0 atom stereocenters. The number of sulfonamides is 1. The van der Waals surface area contributed by atoms with Crippen LogP contribution in [-0.4, -0.2) is 68.4 Å². The molecule has 1 aliphatic rings. The summed E-state index contributed by atoms with van der Waals surface area (Å²) in [5.41, 5.74) is 0.524. The normalized spacial score (nSPS) is 15.1. The Morgan fingerprint density at radius 3 is 2.42 bits per heavy atom. The van der Waals surface area contributed by atoms with Gasteiger partial charge in [0.05, 0.1) is 18.1 Å². The summed E-state index contributed by atoms with van der Waals surface area (Å²) in [7, 11) is -3.56. The fraction of sp³-hybridized carbons (Fsp3) is 0.286. The highest BCUT2D eigenvalue weighted by Gasteiger charge is 2.26. The maximum atomic E-state index is 12.6. The first-order valence-electron chi connectivity index (χ1n) is 9.54. The van der Waals surface area contributed by atoms with Crippen molar-refractivity contribution in [3.05, 3.63) is 54.1 Å². The number of ether oxygens (including phenoxy) is 3. The molecule has 0 unspecified atom stereocenters. The molecule has 0 spiro atoms. The Hall–Kier alpha value is -3.08. The van der Waals surface area contributed by atoms with Gasteiger partial charge in [0.2, 0.25) is 10.0 Å². The van der Waals surface area contributed by atoms with Crippen LogP contribution in [0.15, 0.2) is 53.4 Å². The molecule has 10 heteroatoms. The molecule has 166 valence electrons. The van der Waals surface area contributed by atoms with Gasteiger partial charge in [0.25, 0.3) is 0 Å². The molecule has 0 aromatic heterocycles. The van der Waals surface area contributed by atoms with Gasteiger partial charge in [-0.25, -0.2) is 13.2 Å². The monoisotopic (exact) mass is 449 g/mol. The summed E-state index contributed by atoms with van der Waals surface area (Å²) in [4.78, 5) is 11.9. The van der Waals surface area contributed by atoms with E-state index in [1.807, 2.05) is 0 Å². The number of hydrogen-bond donors (Lipinski definition) is 2. The average molecular weight is 449 g/mol. The van der Waals surface area contributed by atoms with Crippen LogP contribution in [0.4, 0.5) is 0 Å². The van der Waals surface area contributed by atoms with Crippen molar-refractivity contribution >= 4 is 22.1 Å². The zero-order valence-corrected chi connectivity index (χ0v) is 17.5. The predicted octanol–water partition coefficient (Wildman–Crippen LogP) is 1.75. The predicted molar refractivity (Wildman–Crippen MR) is 111 cm³/mol. The van der Waals surface area contributed by atoms with Gasteiger partial charge in [-0.3, -0.25) is 0 Å². The number of carbonyl (C=O) groups excluding carboxylic acids is 1. The van der Waals surface area contributed by atoms with Gasteiger partial charge >= 0.3 is 5.97 Å². The molecule has 1 saturated heterocycles. The van der Waals surface area contributed by atoms with E-state index in [2.05, 4.69) is 0 Å². The van der Waals surface area contributed by atoms with Crippen LogP contribution < -0.4 is 4.74 Å². The number of carbonyl (C=O) groups is 1. The molecular weight excluding hydrogens is 426 g/mol. The maximum Gasteiger partial charge on any atom is 0.330 e. The fourth-order valence-corrected chi connectivity index (χ4v) is 4.21. The molecule has 0 radical (unpaired) electrons. The minimum Gasteiger partial charge on any atom is -0.504 e. The lowest BCUT2D eigenvalue weighted by molar-refractivity contribution is -0.138. The molecule has 31 heavy (non-hydrogen) atoms. The van der Waals surface area contributed by atoms with E-state index in [0.29, 0.717) is 37.6 Å².